The highest BCUT2D eigenvalue weighted by Crippen LogP contribution is 2.54. The zero-order valence-corrected chi connectivity index (χ0v) is 15.5. The van der Waals surface area contributed by atoms with Crippen molar-refractivity contribution in [3.63, 3.8) is 0 Å². The summed E-state index contributed by atoms with van der Waals surface area (Å²) in [6.07, 6.45) is 9.91. The van der Waals surface area contributed by atoms with Crippen molar-refractivity contribution in [1.82, 2.24) is 14.3 Å². The predicted octanol–water partition coefficient (Wildman–Crippen LogP) is 2.84. The SMILES string of the molecule is O=S(=O)(C1CC1)N1CCC2(CC1)C[C@@H](c1cncnc1)c1ccccc12. The van der Waals surface area contributed by atoms with Crippen LogP contribution >= 0.6 is 0 Å². The number of benzene rings is 1. The zero-order chi connectivity index (χ0) is 17.8. The highest BCUT2D eigenvalue weighted by Gasteiger charge is 2.49. The van der Waals surface area contributed by atoms with Crippen LogP contribution in [0.25, 0.3) is 0 Å². The standard InChI is InChI=1S/C20H23N3O2S/c24-26(25,16-5-6-16)23-9-7-20(8-10-23)11-18(15-12-21-14-22-13-15)17-3-1-2-4-19(17)20/h1-4,12-14,16,18H,5-11H2/t18-/m0/s1. The van der Waals surface area contributed by atoms with Crippen LogP contribution in [-0.2, 0) is 15.4 Å². The molecule has 6 heteroatoms. The molecule has 26 heavy (non-hydrogen) atoms. The second kappa shape index (κ2) is 5.86. The van der Waals surface area contributed by atoms with Crippen molar-refractivity contribution in [3.05, 3.63) is 59.7 Å². The Morgan fingerprint density at radius 1 is 1.04 bits per heavy atom. The van der Waals surface area contributed by atoms with Gasteiger partial charge >= 0.3 is 0 Å². The van der Waals surface area contributed by atoms with Gasteiger partial charge < -0.3 is 0 Å². The number of fused-ring (bicyclic) bond motifs is 2. The monoisotopic (exact) mass is 369 g/mol. The first-order valence-corrected chi connectivity index (χ1v) is 10.9. The van der Waals surface area contributed by atoms with E-state index in [1.807, 2.05) is 12.4 Å². The summed E-state index contributed by atoms with van der Waals surface area (Å²) in [5, 5.41) is -0.110. The third-order valence-electron chi connectivity index (χ3n) is 6.47. The van der Waals surface area contributed by atoms with E-state index in [4.69, 9.17) is 0 Å². The van der Waals surface area contributed by atoms with Crippen molar-refractivity contribution in [3.8, 4) is 0 Å². The molecule has 1 atom stereocenters. The number of rotatable bonds is 3. The van der Waals surface area contributed by atoms with Gasteiger partial charge in [-0.1, -0.05) is 24.3 Å². The van der Waals surface area contributed by atoms with Gasteiger partial charge in [-0.25, -0.2) is 22.7 Å². The molecule has 2 aromatic rings. The number of piperidine rings is 1. The number of nitrogens with zero attached hydrogens (tertiary/aromatic N) is 3. The molecular weight excluding hydrogens is 346 g/mol. The fraction of sp³-hybridized carbons (Fsp3) is 0.500. The van der Waals surface area contributed by atoms with Crippen LogP contribution in [-0.4, -0.2) is 41.0 Å². The summed E-state index contributed by atoms with van der Waals surface area (Å²) in [7, 11) is -3.06. The van der Waals surface area contributed by atoms with Crippen LogP contribution in [0.15, 0.2) is 43.0 Å². The summed E-state index contributed by atoms with van der Waals surface area (Å²) in [6.45, 7) is 1.29. The van der Waals surface area contributed by atoms with Gasteiger partial charge in [0.15, 0.2) is 0 Å². The fourth-order valence-electron chi connectivity index (χ4n) is 4.90. The number of hydrogen-bond donors (Lipinski definition) is 0. The van der Waals surface area contributed by atoms with E-state index in [1.165, 1.54) is 11.1 Å². The molecule has 0 radical (unpaired) electrons. The minimum absolute atomic E-state index is 0.0761. The van der Waals surface area contributed by atoms with E-state index >= 15 is 0 Å². The van der Waals surface area contributed by atoms with E-state index in [-0.39, 0.29) is 10.7 Å². The van der Waals surface area contributed by atoms with E-state index in [0.29, 0.717) is 19.0 Å². The van der Waals surface area contributed by atoms with Gasteiger partial charge in [0.1, 0.15) is 6.33 Å². The number of sulfonamides is 1. The van der Waals surface area contributed by atoms with Crippen molar-refractivity contribution < 1.29 is 8.42 Å². The topological polar surface area (TPSA) is 63.2 Å². The van der Waals surface area contributed by atoms with Crippen LogP contribution in [0.2, 0.25) is 0 Å². The van der Waals surface area contributed by atoms with E-state index in [1.54, 1.807) is 10.6 Å². The molecular formula is C20H23N3O2S. The second-order valence-corrected chi connectivity index (χ2v) is 10.2. The summed E-state index contributed by atoms with van der Waals surface area (Å²) >= 11 is 0. The molecule has 1 spiro atoms. The molecule has 2 aliphatic carbocycles. The summed E-state index contributed by atoms with van der Waals surface area (Å²) in [5.41, 5.74) is 4.00. The molecule has 0 unspecified atom stereocenters. The van der Waals surface area contributed by atoms with E-state index < -0.39 is 10.0 Å². The fourth-order valence-corrected chi connectivity index (χ4v) is 6.75. The van der Waals surface area contributed by atoms with Crippen molar-refractivity contribution in [2.75, 3.05) is 13.1 Å². The maximum atomic E-state index is 12.6. The Morgan fingerprint density at radius 3 is 2.42 bits per heavy atom. The molecule has 1 aromatic carbocycles. The smallest absolute Gasteiger partial charge is 0.216 e. The quantitative estimate of drug-likeness (QED) is 0.835. The highest BCUT2D eigenvalue weighted by molar-refractivity contribution is 7.90. The Kier molecular flexibility index (Phi) is 3.69. The van der Waals surface area contributed by atoms with Crippen LogP contribution in [0.5, 0.6) is 0 Å². The Bertz CT molecular complexity index is 917. The first kappa shape index (κ1) is 16.4. The van der Waals surface area contributed by atoms with Gasteiger partial charge in [-0.3, -0.25) is 0 Å². The molecule has 136 valence electrons. The lowest BCUT2D eigenvalue weighted by Crippen LogP contribution is -2.45. The molecule has 3 aliphatic rings. The molecule has 1 aliphatic heterocycles. The van der Waals surface area contributed by atoms with Gasteiger partial charge in [0, 0.05) is 31.4 Å². The molecule has 1 saturated heterocycles. The number of aromatic nitrogens is 2. The predicted molar refractivity (Wildman–Crippen MR) is 99.4 cm³/mol. The third kappa shape index (κ3) is 2.50. The summed E-state index contributed by atoms with van der Waals surface area (Å²) < 4.78 is 26.9. The third-order valence-corrected chi connectivity index (χ3v) is 8.87. The summed E-state index contributed by atoms with van der Waals surface area (Å²) in [6, 6.07) is 8.67. The lowest BCUT2D eigenvalue weighted by molar-refractivity contribution is 0.227. The zero-order valence-electron chi connectivity index (χ0n) is 14.7. The second-order valence-electron chi connectivity index (χ2n) is 7.94. The van der Waals surface area contributed by atoms with Gasteiger partial charge in [0.25, 0.3) is 0 Å². The maximum Gasteiger partial charge on any atom is 0.216 e. The average Bonchev–Trinajstić information content (AvgIpc) is 3.49. The molecule has 0 N–H and O–H groups in total. The Morgan fingerprint density at radius 2 is 1.73 bits per heavy atom. The van der Waals surface area contributed by atoms with Crippen LogP contribution in [0.3, 0.4) is 0 Å². The first-order chi connectivity index (χ1) is 12.6. The largest absolute Gasteiger partial charge is 0.245 e. The first-order valence-electron chi connectivity index (χ1n) is 9.43. The Labute approximate surface area is 154 Å². The van der Waals surface area contributed by atoms with Crippen molar-refractivity contribution in [2.45, 2.75) is 48.7 Å². The summed E-state index contributed by atoms with van der Waals surface area (Å²) in [4.78, 5) is 8.42. The van der Waals surface area contributed by atoms with E-state index in [9.17, 15) is 8.42 Å². The van der Waals surface area contributed by atoms with Crippen LogP contribution in [0.1, 0.15) is 54.7 Å². The maximum absolute atomic E-state index is 12.6. The molecule has 5 nitrogen and oxygen atoms in total. The molecule has 2 heterocycles. The van der Waals surface area contributed by atoms with E-state index in [2.05, 4.69) is 34.2 Å². The molecule has 2 fully saturated rings. The minimum atomic E-state index is -3.06. The molecule has 1 saturated carbocycles. The van der Waals surface area contributed by atoms with Gasteiger partial charge in [0.05, 0.1) is 5.25 Å². The Balaban J connectivity index is 1.45. The van der Waals surface area contributed by atoms with Gasteiger partial charge in [-0.2, -0.15) is 0 Å². The normalized spacial score (nSPS) is 25.3. The minimum Gasteiger partial charge on any atom is -0.245 e. The van der Waals surface area contributed by atoms with Gasteiger partial charge in [-0.15, -0.1) is 0 Å². The highest BCUT2D eigenvalue weighted by atomic mass is 32.2. The average molecular weight is 369 g/mol. The number of hydrogen-bond acceptors (Lipinski definition) is 4. The Hall–Kier alpha value is -1.79. The van der Waals surface area contributed by atoms with Gasteiger partial charge in [0.2, 0.25) is 10.0 Å². The molecule has 5 rings (SSSR count). The van der Waals surface area contributed by atoms with Crippen molar-refractivity contribution in [1.29, 1.82) is 0 Å². The lowest BCUT2D eigenvalue weighted by Gasteiger charge is -2.40. The molecule has 1 aromatic heterocycles. The van der Waals surface area contributed by atoms with E-state index in [0.717, 1.165) is 37.7 Å². The summed E-state index contributed by atoms with van der Waals surface area (Å²) in [5.74, 6) is 0.305. The van der Waals surface area contributed by atoms with Crippen molar-refractivity contribution in [2.24, 2.45) is 0 Å². The lowest BCUT2D eigenvalue weighted by atomic mass is 9.73. The van der Waals surface area contributed by atoms with Crippen LogP contribution < -0.4 is 0 Å². The van der Waals surface area contributed by atoms with Crippen molar-refractivity contribution >= 4 is 10.0 Å². The van der Waals surface area contributed by atoms with Crippen LogP contribution in [0.4, 0.5) is 0 Å². The molecule has 0 bridgehead atoms. The van der Waals surface area contributed by atoms with Gasteiger partial charge in [-0.05, 0) is 54.2 Å². The molecule has 0 amide bonds. The van der Waals surface area contributed by atoms with Crippen LogP contribution in [0, 0.1) is 0 Å².